The molecule has 7 nitrogen and oxygen atoms in total. The number of hydrogen-bond donors (Lipinski definition) is 1. The van der Waals surface area contributed by atoms with E-state index in [2.05, 4.69) is 78.1 Å². The molecule has 2 aliphatic carbocycles. The zero-order valence-corrected chi connectivity index (χ0v) is 27.6. The van der Waals surface area contributed by atoms with Crippen LogP contribution in [0.15, 0.2) is 125 Å². The first-order valence-electron chi connectivity index (χ1n) is 16.5. The molecule has 2 aliphatic rings. The van der Waals surface area contributed by atoms with E-state index in [1.54, 1.807) is 14.2 Å². The second kappa shape index (κ2) is 16.1. The van der Waals surface area contributed by atoms with E-state index in [-0.39, 0.29) is 0 Å². The predicted molar refractivity (Wildman–Crippen MR) is 192 cm³/mol. The Bertz CT molecular complexity index is 1800. The van der Waals surface area contributed by atoms with E-state index in [0.29, 0.717) is 37.9 Å². The molecule has 0 aromatic heterocycles. The van der Waals surface area contributed by atoms with E-state index < -0.39 is 0 Å². The Morgan fingerprint density at radius 2 is 1.17 bits per heavy atom. The molecule has 0 saturated carbocycles. The van der Waals surface area contributed by atoms with Crippen molar-refractivity contribution in [2.75, 3.05) is 46.0 Å². The highest BCUT2D eigenvalue weighted by molar-refractivity contribution is 6.06. The van der Waals surface area contributed by atoms with Gasteiger partial charge in [-0.05, 0) is 114 Å². The Balaban J connectivity index is 1.13. The van der Waals surface area contributed by atoms with E-state index in [9.17, 15) is 5.26 Å². The van der Waals surface area contributed by atoms with Gasteiger partial charge in [0.1, 0.15) is 30.8 Å². The topological polar surface area (TPSA) is 85.1 Å². The summed E-state index contributed by atoms with van der Waals surface area (Å²) in [6.45, 7) is 2.18. The van der Waals surface area contributed by atoms with Crippen molar-refractivity contribution in [1.82, 2.24) is 0 Å². The molecule has 0 amide bonds. The zero-order chi connectivity index (χ0) is 33.1. The third kappa shape index (κ3) is 8.21. The molecule has 7 heteroatoms. The predicted octanol–water partition coefficient (Wildman–Crippen LogP) is 9.16. The van der Waals surface area contributed by atoms with E-state index in [4.69, 9.17) is 23.9 Å². The second-order valence-electron chi connectivity index (χ2n) is 11.9. The maximum absolute atomic E-state index is 10.3. The van der Waals surface area contributed by atoms with Crippen molar-refractivity contribution >= 4 is 17.1 Å². The number of fused-ring (bicyclic) bond motifs is 1. The standard InChI is InChI=1S/C41H41N3O4/c1-45-23-25-47-37-18-8-31(9-19-37)29-3-13-34(14-4-29)43-36-17-7-33-12-22-41(40(28-42)39(33)27-36)44-35-15-5-30(6-16-35)32-10-20-38(21-11-32)48-26-24-46-2/h3-6,8-11,13-16,18-21,27,33,43H,7,12,17,22-26H2,1-2H3. The fraction of sp³-hybridized carbons (Fsp3) is 0.268. The minimum atomic E-state index is 0.386. The summed E-state index contributed by atoms with van der Waals surface area (Å²) in [4.78, 5) is 4.96. The van der Waals surface area contributed by atoms with E-state index in [1.807, 2.05) is 36.4 Å². The summed E-state index contributed by atoms with van der Waals surface area (Å²) in [6, 6.07) is 35.3. The van der Waals surface area contributed by atoms with Crippen molar-refractivity contribution in [1.29, 1.82) is 5.26 Å². The summed E-state index contributed by atoms with van der Waals surface area (Å²) in [5.41, 5.74) is 10.2. The minimum absolute atomic E-state index is 0.386. The van der Waals surface area contributed by atoms with Crippen molar-refractivity contribution in [3.63, 3.8) is 0 Å². The van der Waals surface area contributed by atoms with Crippen molar-refractivity contribution in [2.45, 2.75) is 25.7 Å². The molecule has 0 aliphatic heterocycles. The van der Waals surface area contributed by atoms with Gasteiger partial charge in [0.2, 0.25) is 0 Å². The van der Waals surface area contributed by atoms with E-state index >= 15 is 0 Å². The average Bonchev–Trinajstić information content (AvgIpc) is 3.13. The SMILES string of the molecule is COCCOc1ccc(-c2ccc(N=C3CCC4CCC(Nc5ccc(-c6ccc(OCCOC)cc6)cc5)=CC4=C3C#N)cc2)cc1. The van der Waals surface area contributed by atoms with Crippen molar-refractivity contribution < 1.29 is 18.9 Å². The van der Waals surface area contributed by atoms with Crippen LogP contribution in [0.25, 0.3) is 22.3 Å². The first kappa shape index (κ1) is 32.8. The number of nitrogens with one attached hydrogen (secondary N) is 1. The van der Waals surface area contributed by atoms with Crippen LogP contribution in [-0.4, -0.2) is 46.4 Å². The summed E-state index contributed by atoms with van der Waals surface area (Å²) in [5, 5.41) is 13.9. The summed E-state index contributed by atoms with van der Waals surface area (Å²) in [5.74, 6) is 2.04. The van der Waals surface area contributed by atoms with Gasteiger partial charge in [-0.1, -0.05) is 48.5 Å². The number of aliphatic imine (C=N–C) groups is 1. The van der Waals surface area contributed by atoms with Crippen LogP contribution < -0.4 is 14.8 Å². The third-order valence-corrected chi connectivity index (χ3v) is 8.76. The molecular weight excluding hydrogens is 598 g/mol. The van der Waals surface area contributed by atoms with Gasteiger partial charge < -0.3 is 24.3 Å². The van der Waals surface area contributed by atoms with Gasteiger partial charge in [-0.3, -0.25) is 4.99 Å². The molecule has 1 atom stereocenters. The number of nitrogens with zero attached hydrogens (tertiary/aromatic N) is 2. The largest absolute Gasteiger partial charge is 0.491 e. The summed E-state index contributed by atoms with van der Waals surface area (Å²) < 4.78 is 21.5. The van der Waals surface area contributed by atoms with Crippen LogP contribution in [0.3, 0.4) is 0 Å². The van der Waals surface area contributed by atoms with E-state index in [0.717, 1.165) is 87.8 Å². The van der Waals surface area contributed by atoms with Crippen LogP contribution >= 0.6 is 0 Å². The fourth-order valence-corrected chi connectivity index (χ4v) is 6.17. The highest BCUT2D eigenvalue weighted by Gasteiger charge is 2.29. The van der Waals surface area contributed by atoms with Crippen molar-refractivity contribution in [2.24, 2.45) is 10.9 Å². The molecule has 0 heterocycles. The Labute approximate surface area is 283 Å². The summed E-state index contributed by atoms with van der Waals surface area (Å²) in [6.07, 6.45) is 5.97. The quantitative estimate of drug-likeness (QED) is 0.147. The summed E-state index contributed by atoms with van der Waals surface area (Å²) in [7, 11) is 3.33. The van der Waals surface area contributed by atoms with Gasteiger partial charge in [-0.2, -0.15) is 5.26 Å². The van der Waals surface area contributed by atoms with Crippen LogP contribution in [0.4, 0.5) is 11.4 Å². The molecule has 1 N–H and O–H groups in total. The number of hydrogen-bond acceptors (Lipinski definition) is 7. The lowest BCUT2D eigenvalue weighted by Crippen LogP contribution is -2.22. The number of ether oxygens (including phenoxy) is 4. The summed E-state index contributed by atoms with van der Waals surface area (Å²) >= 11 is 0. The second-order valence-corrected chi connectivity index (χ2v) is 11.9. The lowest BCUT2D eigenvalue weighted by atomic mass is 9.76. The highest BCUT2D eigenvalue weighted by atomic mass is 16.5. The molecule has 6 rings (SSSR count). The van der Waals surface area contributed by atoms with Crippen molar-refractivity contribution in [3.8, 4) is 39.8 Å². The Kier molecular flexibility index (Phi) is 11.0. The molecule has 0 spiro atoms. The molecule has 0 radical (unpaired) electrons. The van der Waals surface area contributed by atoms with Gasteiger partial charge in [-0.15, -0.1) is 0 Å². The molecule has 0 bridgehead atoms. The first-order chi connectivity index (χ1) is 23.6. The minimum Gasteiger partial charge on any atom is -0.491 e. The van der Waals surface area contributed by atoms with Gasteiger partial charge in [-0.25, -0.2) is 0 Å². The maximum Gasteiger partial charge on any atom is 0.119 e. The van der Waals surface area contributed by atoms with Gasteiger partial charge in [0.25, 0.3) is 0 Å². The molecule has 244 valence electrons. The molecule has 4 aromatic carbocycles. The van der Waals surface area contributed by atoms with Gasteiger partial charge in [0.15, 0.2) is 0 Å². The third-order valence-electron chi connectivity index (χ3n) is 8.76. The van der Waals surface area contributed by atoms with Crippen LogP contribution in [-0.2, 0) is 9.47 Å². The number of anilines is 1. The molecule has 4 aromatic rings. The Hall–Kier alpha value is -5.16. The van der Waals surface area contributed by atoms with Crippen LogP contribution in [0, 0.1) is 17.2 Å². The van der Waals surface area contributed by atoms with Gasteiger partial charge in [0.05, 0.1) is 30.2 Å². The number of benzene rings is 4. The lowest BCUT2D eigenvalue weighted by Gasteiger charge is -2.30. The van der Waals surface area contributed by atoms with Gasteiger partial charge in [0, 0.05) is 25.6 Å². The monoisotopic (exact) mass is 639 g/mol. The molecular formula is C41H41N3O4. The number of allylic oxidation sites excluding steroid dienone is 4. The Morgan fingerprint density at radius 3 is 1.69 bits per heavy atom. The van der Waals surface area contributed by atoms with Crippen LogP contribution in [0.1, 0.15) is 25.7 Å². The smallest absolute Gasteiger partial charge is 0.119 e. The number of methoxy groups -OCH3 is 2. The molecule has 0 saturated heterocycles. The molecule has 1 unspecified atom stereocenters. The normalized spacial score (nSPS) is 16.6. The first-order valence-corrected chi connectivity index (χ1v) is 16.5. The molecule has 0 fully saturated rings. The number of nitriles is 1. The average molecular weight is 640 g/mol. The Morgan fingerprint density at radius 1 is 0.667 bits per heavy atom. The lowest BCUT2D eigenvalue weighted by molar-refractivity contribution is 0.146. The number of rotatable bonds is 13. The maximum atomic E-state index is 10.3. The highest BCUT2D eigenvalue weighted by Crippen LogP contribution is 2.39. The van der Waals surface area contributed by atoms with Crippen LogP contribution in [0.2, 0.25) is 0 Å². The fourth-order valence-electron chi connectivity index (χ4n) is 6.17. The van der Waals surface area contributed by atoms with E-state index in [1.165, 1.54) is 0 Å². The van der Waals surface area contributed by atoms with Gasteiger partial charge >= 0.3 is 0 Å². The van der Waals surface area contributed by atoms with Crippen LogP contribution in [0.5, 0.6) is 11.5 Å². The zero-order valence-electron chi connectivity index (χ0n) is 27.6. The van der Waals surface area contributed by atoms with Crippen molar-refractivity contribution in [3.05, 3.63) is 120 Å². The molecule has 48 heavy (non-hydrogen) atoms.